The Morgan fingerprint density at radius 2 is 1.10 bits per heavy atom. The minimum atomic E-state index is -4.54. The van der Waals surface area contributed by atoms with E-state index >= 15 is 0 Å². The molecule has 2 unspecified atom stereocenters. The smallest absolute Gasteiger partial charge is 0.410 e. The van der Waals surface area contributed by atoms with Gasteiger partial charge in [-0.15, -0.1) is 12.3 Å². The van der Waals surface area contributed by atoms with E-state index in [2.05, 4.69) is 47.7 Å². The first-order chi connectivity index (χ1) is 39.5. The van der Waals surface area contributed by atoms with Gasteiger partial charge in [-0.25, -0.2) is 39.5 Å². The second-order valence-electron chi connectivity index (χ2n) is 19.5. The molecule has 31 heteroatoms. The van der Waals surface area contributed by atoms with Gasteiger partial charge < -0.3 is 70.9 Å². The van der Waals surface area contributed by atoms with Crippen molar-refractivity contribution in [3.63, 3.8) is 0 Å². The van der Waals surface area contributed by atoms with E-state index in [9.17, 15) is 61.5 Å². The predicted molar refractivity (Wildman–Crippen MR) is 287 cm³/mol. The number of carbonyl (C=O) groups excluding carboxylic acids is 2. The van der Waals surface area contributed by atoms with Gasteiger partial charge in [0, 0.05) is 61.6 Å². The van der Waals surface area contributed by atoms with Gasteiger partial charge in [0.2, 0.25) is 5.82 Å². The van der Waals surface area contributed by atoms with Crippen LogP contribution in [0.2, 0.25) is 0 Å². The number of rotatable bonds is 8. The molecule has 4 aliphatic rings. The lowest BCUT2D eigenvalue weighted by Crippen LogP contribution is -2.40. The normalized spacial score (nSPS) is 23.1. The molecular formula is C52H55F6IN12O12. The van der Waals surface area contributed by atoms with Crippen molar-refractivity contribution < 1.29 is 85.5 Å². The first kappa shape index (κ1) is 61.9. The van der Waals surface area contributed by atoms with E-state index in [-0.39, 0.29) is 46.0 Å². The predicted octanol–water partition coefficient (Wildman–Crippen LogP) is 4.26. The Morgan fingerprint density at radius 1 is 0.663 bits per heavy atom. The third kappa shape index (κ3) is 14.8. The summed E-state index contributed by atoms with van der Waals surface area (Å²) in [6, 6.07) is 8.48. The van der Waals surface area contributed by atoms with Gasteiger partial charge in [-0.05, 0) is 79.8 Å². The standard InChI is InChI=1S/C26H27F3N6O6.C16H16F3NO2.C10H12IN5O4/c27-26(28,29)15-4-2-5-16(11-15)40-25(39)34-9-7-14(8-10-34)3-1-6-18-32-22(30)19-23(33-18)35(13-31-19)24-21(38)20(37)17(12-36)41-24;1-2-4-12-7-9-20(10-8-12)15(21)22-14-6-3-5-13(11-14)16(17,18)19;11-10-14-7(12)4-8(15-10)16(2-13-4)9-6(19)5(18)3(1-17)20-9/h2,4-5,11,13-14,17,20-21,24,36-38H,3,7-10,12H2,(H2,30,32,33);1,3,5-6,11-12H,4,7-10H2;2-3,5-6,9,17-19H,1H2,(H2,12,14,15)/t17-,20?,21+,24-;;3-,5?,6+,9-/m1.1/s1. The average molecular weight is 1280 g/mol. The van der Waals surface area contributed by atoms with Crippen LogP contribution < -0.4 is 20.9 Å². The number of aliphatic hydroxyl groups is 6. The summed E-state index contributed by atoms with van der Waals surface area (Å²) in [6.07, 6.45) is -7.14. The highest BCUT2D eigenvalue weighted by molar-refractivity contribution is 14.1. The molecule has 444 valence electrons. The maximum atomic E-state index is 12.9. The SMILES string of the molecule is C#CCC1CCN(C(=O)Oc2cccc(C(F)(F)F)c2)CC1.Nc1nc(C#CCC2CCN(C(=O)Oc3cccc(C(F)(F)F)c3)CC2)nc2c1ncn2[C@@H]1O[C@H](CO)C(O)[C@@H]1O.Nc1nc(I)nc2c1ncn2[C@@H]1O[C@H](CO)C(O)[C@@H]1O. The molecular weight excluding hydrogens is 1230 g/mol. The molecule has 6 aromatic rings. The van der Waals surface area contributed by atoms with Crippen molar-refractivity contribution in [2.75, 3.05) is 50.9 Å². The van der Waals surface area contributed by atoms with E-state index < -0.39 is 98.0 Å². The number of hydrogen-bond donors (Lipinski definition) is 8. The molecule has 8 heterocycles. The lowest BCUT2D eigenvalue weighted by molar-refractivity contribution is -0.138. The molecule has 10 rings (SSSR count). The molecule has 0 spiro atoms. The van der Waals surface area contributed by atoms with E-state index in [0.29, 0.717) is 72.8 Å². The second-order valence-corrected chi connectivity index (χ2v) is 20.4. The Bertz CT molecular complexity index is 3360. The number of fused-ring (bicyclic) bond motifs is 2. The van der Waals surface area contributed by atoms with Crippen LogP contribution in [0, 0.1) is 39.9 Å². The van der Waals surface area contributed by atoms with Crippen molar-refractivity contribution in [3.05, 3.63) is 82.0 Å². The number of benzene rings is 2. The maximum absolute atomic E-state index is 12.9. The van der Waals surface area contributed by atoms with Crippen molar-refractivity contribution in [2.24, 2.45) is 11.8 Å². The number of alkyl halides is 6. The molecule has 0 radical (unpaired) electrons. The minimum Gasteiger partial charge on any atom is -0.410 e. The van der Waals surface area contributed by atoms with Crippen LogP contribution in [0.1, 0.15) is 67.9 Å². The number of ether oxygens (including phenoxy) is 4. The number of anilines is 2. The lowest BCUT2D eigenvalue weighted by atomic mass is 9.94. The van der Waals surface area contributed by atoms with Gasteiger partial charge in [0.25, 0.3) is 0 Å². The third-order valence-electron chi connectivity index (χ3n) is 13.9. The van der Waals surface area contributed by atoms with Gasteiger partial charge in [0.05, 0.1) is 37.0 Å². The van der Waals surface area contributed by atoms with Crippen LogP contribution in [0.15, 0.2) is 61.2 Å². The molecule has 4 aromatic heterocycles. The average Bonchev–Trinajstić information content (AvgIpc) is 3.44. The van der Waals surface area contributed by atoms with E-state index in [1.807, 2.05) is 22.6 Å². The molecule has 2 amide bonds. The molecule has 83 heavy (non-hydrogen) atoms. The number of terminal acetylenes is 1. The summed E-state index contributed by atoms with van der Waals surface area (Å²) in [4.78, 5) is 52.4. The van der Waals surface area contributed by atoms with Gasteiger partial charge in [-0.2, -0.15) is 26.3 Å². The van der Waals surface area contributed by atoms with Crippen molar-refractivity contribution in [1.82, 2.24) is 48.8 Å². The number of aliphatic hydroxyl groups excluding tert-OH is 6. The highest BCUT2D eigenvalue weighted by Gasteiger charge is 2.45. The summed E-state index contributed by atoms with van der Waals surface area (Å²) in [5, 5.41) is 58.7. The molecule has 10 N–H and O–H groups in total. The number of aromatic nitrogens is 8. The number of imidazole rings is 2. The number of carbonyl (C=O) groups is 2. The van der Waals surface area contributed by atoms with Crippen LogP contribution in [-0.2, 0) is 21.8 Å². The number of nitrogen functional groups attached to an aromatic ring is 2. The molecule has 0 aliphatic carbocycles. The Balaban J connectivity index is 0.000000180. The number of halogens is 7. The van der Waals surface area contributed by atoms with E-state index in [0.717, 1.165) is 37.1 Å². The van der Waals surface area contributed by atoms with E-state index in [1.165, 1.54) is 55.9 Å². The molecule has 4 saturated heterocycles. The van der Waals surface area contributed by atoms with Crippen LogP contribution in [0.3, 0.4) is 0 Å². The fourth-order valence-corrected chi connectivity index (χ4v) is 9.87. The number of amides is 2. The third-order valence-corrected chi connectivity index (χ3v) is 14.4. The molecule has 8 atom stereocenters. The number of likely N-dealkylation sites (tertiary alicyclic amines) is 2. The monoisotopic (exact) mass is 1280 g/mol. The minimum absolute atomic E-state index is 0.0670. The number of piperidine rings is 2. The number of nitrogens with two attached hydrogens (primary N) is 2. The Morgan fingerprint density at radius 3 is 1.52 bits per heavy atom. The quantitative estimate of drug-likeness (QED) is 0.0457. The molecule has 0 saturated carbocycles. The highest BCUT2D eigenvalue weighted by Crippen LogP contribution is 2.36. The van der Waals surface area contributed by atoms with Crippen LogP contribution in [-0.4, -0.2) is 168 Å². The molecule has 24 nitrogen and oxygen atoms in total. The zero-order chi connectivity index (χ0) is 59.9. The van der Waals surface area contributed by atoms with Gasteiger partial charge in [-0.3, -0.25) is 9.13 Å². The first-order valence-corrected chi connectivity index (χ1v) is 26.7. The van der Waals surface area contributed by atoms with E-state index in [1.54, 1.807) is 0 Å². The van der Waals surface area contributed by atoms with Gasteiger partial charge in [0.15, 0.2) is 39.2 Å². The zero-order valence-corrected chi connectivity index (χ0v) is 45.7. The van der Waals surface area contributed by atoms with E-state index in [4.69, 9.17) is 41.9 Å². The van der Waals surface area contributed by atoms with Crippen LogP contribution in [0.25, 0.3) is 22.3 Å². The van der Waals surface area contributed by atoms with Gasteiger partial charge in [0.1, 0.15) is 59.2 Å². The first-order valence-electron chi connectivity index (χ1n) is 25.6. The summed E-state index contributed by atoms with van der Waals surface area (Å²) < 4.78 is 101. The van der Waals surface area contributed by atoms with Crippen LogP contribution in [0.4, 0.5) is 47.6 Å². The number of nitrogens with zero attached hydrogens (tertiary/aromatic N) is 10. The fourth-order valence-electron chi connectivity index (χ4n) is 9.38. The molecule has 0 bridgehead atoms. The maximum Gasteiger partial charge on any atom is 0.416 e. The summed E-state index contributed by atoms with van der Waals surface area (Å²) in [5.41, 5.74) is 11.4. The Kier molecular flexibility index (Phi) is 19.8. The van der Waals surface area contributed by atoms with Crippen molar-refractivity contribution in [3.8, 4) is 35.7 Å². The molecule has 4 fully saturated rings. The summed E-state index contributed by atoms with van der Waals surface area (Å²) in [6.45, 7) is 0.863. The van der Waals surface area contributed by atoms with Crippen molar-refractivity contribution in [1.29, 1.82) is 0 Å². The van der Waals surface area contributed by atoms with Gasteiger partial charge in [-0.1, -0.05) is 18.1 Å². The van der Waals surface area contributed by atoms with Crippen LogP contribution >= 0.6 is 22.6 Å². The Hall–Kier alpha value is -7.21. The Labute approximate surface area is 481 Å². The second kappa shape index (κ2) is 26.6. The lowest BCUT2D eigenvalue weighted by Gasteiger charge is -2.30. The summed E-state index contributed by atoms with van der Waals surface area (Å²) in [5.74, 6) is 9.18. The molecule has 4 aliphatic heterocycles. The fraction of sp³-hybridized carbons (Fsp3) is 0.462. The largest absolute Gasteiger partial charge is 0.416 e. The number of hydrogen-bond acceptors (Lipinski definition) is 20. The summed E-state index contributed by atoms with van der Waals surface area (Å²) >= 11 is 1.92. The summed E-state index contributed by atoms with van der Waals surface area (Å²) in [7, 11) is 0. The molecule has 2 aromatic carbocycles. The topological polar surface area (TPSA) is 338 Å². The highest BCUT2D eigenvalue weighted by atomic mass is 127. The van der Waals surface area contributed by atoms with Gasteiger partial charge >= 0.3 is 24.5 Å². The van der Waals surface area contributed by atoms with Crippen molar-refractivity contribution >= 4 is 68.7 Å². The van der Waals surface area contributed by atoms with Crippen LogP contribution in [0.5, 0.6) is 11.5 Å². The zero-order valence-electron chi connectivity index (χ0n) is 43.5. The van der Waals surface area contributed by atoms with Crippen molar-refractivity contribution in [2.45, 2.75) is 100.0 Å².